The fourth-order valence-corrected chi connectivity index (χ4v) is 2.61. The minimum absolute atomic E-state index is 0.111. The number of aryl methyl sites for hydroxylation is 1. The largest absolute Gasteiger partial charge is 0.475 e. The van der Waals surface area contributed by atoms with E-state index in [0.29, 0.717) is 15.7 Å². The van der Waals surface area contributed by atoms with Gasteiger partial charge in [-0.3, -0.25) is 4.79 Å². The van der Waals surface area contributed by atoms with Crippen LogP contribution in [0.25, 0.3) is 0 Å². The average Bonchev–Trinajstić information content (AvgIpc) is 2.95. The van der Waals surface area contributed by atoms with Gasteiger partial charge in [0.25, 0.3) is 5.91 Å². The molecular formula is C12H10ClNO4S. The van der Waals surface area contributed by atoms with Crippen LogP contribution in [0.5, 0.6) is 0 Å². The number of amides is 1. The van der Waals surface area contributed by atoms with E-state index in [1.165, 1.54) is 23.5 Å². The van der Waals surface area contributed by atoms with Crippen molar-refractivity contribution in [1.82, 2.24) is 5.32 Å². The van der Waals surface area contributed by atoms with E-state index >= 15 is 0 Å². The van der Waals surface area contributed by atoms with Gasteiger partial charge in [-0.25, -0.2) is 4.79 Å². The zero-order chi connectivity index (χ0) is 14.0. The first-order valence-corrected chi connectivity index (χ1v) is 6.58. The molecule has 0 aliphatic heterocycles. The Morgan fingerprint density at radius 1 is 1.47 bits per heavy atom. The van der Waals surface area contributed by atoms with Crippen molar-refractivity contribution in [1.29, 1.82) is 0 Å². The molecule has 0 saturated carbocycles. The summed E-state index contributed by atoms with van der Waals surface area (Å²) >= 11 is 7.24. The van der Waals surface area contributed by atoms with Crippen LogP contribution in [0.1, 0.15) is 31.6 Å². The van der Waals surface area contributed by atoms with Crippen molar-refractivity contribution < 1.29 is 19.1 Å². The lowest BCUT2D eigenvalue weighted by Gasteiger charge is -2.01. The third-order valence-electron chi connectivity index (χ3n) is 2.40. The second-order valence-electron chi connectivity index (χ2n) is 3.82. The van der Waals surface area contributed by atoms with E-state index < -0.39 is 5.97 Å². The minimum Gasteiger partial charge on any atom is -0.475 e. The molecule has 5 nitrogen and oxygen atoms in total. The van der Waals surface area contributed by atoms with Crippen molar-refractivity contribution in [3.63, 3.8) is 0 Å². The SMILES string of the molecule is Cc1csc(C(=O)NCc2ccc(C(=O)O)o2)c1Cl. The van der Waals surface area contributed by atoms with Crippen molar-refractivity contribution in [3.8, 4) is 0 Å². The molecule has 0 radical (unpaired) electrons. The maximum absolute atomic E-state index is 11.8. The van der Waals surface area contributed by atoms with Gasteiger partial charge in [0.15, 0.2) is 0 Å². The molecular weight excluding hydrogens is 290 g/mol. The third kappa shape index (κ3) is 2.97. The molecule has 2 aromatic heterocycles. The van der Waals surface area contributed by atoms with Crippen LogP contribution in [0.4, 0.5) is 0 Å². The Bertz CT molecular complexity index is 631. The number of aromatic carboxylic acids is 1. The van der Waals surface area contributed by atoms with Crippen LogP contribution < -0.4 is 5.32 Å². The van der Waals surface area contributed by atoms with Gasteiger partial charge in [0.1, 0.15) is 10.6 Å². The van der Waals surface area contributed by atoms with E-state index in [0.717, 1.165) is 5.56 Å². The van der Waals surface area contributed by atoms with Gasteiger partial charge in [0.05, 0.1) is 11.6 Å². The quantitative estimate of drug-likeness (QED) is 0.909. The number of carboxylic acid groups (broad SMARTS) is 1. The molecule has 0 fully saturated rings. The summed E-state index contributed by atoms with van der Waals surface area (Å²) in [5, 5.41) is 13.6. The van der Waals surface area contributed by atoms with Crippen molar-refractivity contribution >= 4 is 34.8 Å². The number of hydrogen-bond acceptors (Lipinski definition) is 4. The molecule has 0 saturated heterocycles. The summed E-state index contributed by atoms with van der Waals surface area (Å²) < 4.78 is 5.02. The zero-order valence-electron chi connectivity index (χ0n) is 9.90. The molecule has 1 amide bonds. The number of carbonyl (C=O) groups excluding carboxylic acids is 1. The van der Waals surface area contributed by atoms with Crippen molar-refractivity contribution in [3.05, 3.63) is 44.5 Å². The number of rotatable bonds is 4. The fourth-order valence-electron chi connectivity index (χ4n) is 1.42. The van der Waals surface area contributed by atoms with Crippen molar-refractivity contribution in [2.24, 2.45) is 0 Å². The molecule has 0 aliphatic rings. The highest BCUT2D eigenvalue weighted by Crippen LogP contribution is 2.26. The van der Waals surface area contributed by atoms with Crippen LogP contribution in [-0.4, -0.2) is 17.0 Å². The molecule has 7 heteroatoms. The van der Waals surface area contributed by atoms with Crippen LogP contribution >= 0.6 is 22.9 Å². The third-order valence-corrected chi connectivity index (χ3v) is 4.10. The average molecular weight is 300 g/mol. The molecule has 2 aromatic rings. The molecule has 19 heavy (non-hydrogen) atoms. The summed E-state index contributed by atoms with van der Waals surface area (Å²) in [5.41, 5.74) is 0.850. The van der Waals surface area contributed by atoms with Crippen LogP contribution in [0, 0.1) is 6.92 Å². The zero-order valence-corrected chi connectivity index (χ0v) is 11.5. The van der Waals surface area contributed by atoms with Gasteiger partial charge in [0.2, 0.25) is 5.76 Å². The molecule has 0 spiro atoms. The minimum atomic E-state index is -1.14. The van der Waals surface area contributed by atoms with Crippen molar-refractivity contribution in [2.45, 2.75) is 13.5 Å². The highest BCUT2D eigenvalue weighted by Gasteiger charge is 2.15. The summed E-state index contributed by atoms with van der Waals surface area (Å²) in [6.07, 6.45) is 0. The van der Waals surface area contributed by atoms with Crippen LogP contribution in [-0.2, 0) is 6.54 Å². The summed E-state index contributed by atoms with van der Waals surface area (Å²) in [6.45, 7) is 1.93. The van der Waals surface area contributed by atoms with E-state index in [1.807, 2.05) is 6.92 Å². The molecule has 2 N–H and O–H groups in total. The predicted molar refractivity (Wildman–Crippen MR) is 70.9 cm³/mol. The lowest BCUT2D eigenvalue weighted by molar-refractivity contribution is 0.0660. The molecule has 0 bridgehead atoms. The smallest absolute Gasteiger partial charge is 0.371 e. The van der Waals surface area contributed by atoms with Gasteiger partial charge >= 0.3 is 5.97 Å². The Balaban J connectivity index is 2.00. The molecule has 100 valence electrons. The maximum Gasteiger partial charge on any atom is 0.371 e. The molecule has 0 aliphatic carbocycles. The summed E-state index contributed by atoms with van der Waals surface area (Å²) in [6, 6.07) is 2.84. The van der Waals surface area contributed by atoms with Gasteiger partial charge in [0, 0.05) is 0 Å². The second-order valence-corrected chi connectivity index (χ2v) is 5.07. The van der Waals surface area contributed by atoms with E-state index in [-0.39, 0.29) is 18.2 Å². The van der Waals surface area contributed by atoms with Gasteiger partial charge in [-0.05, 0) is 30.0 Å². The van der Waals surface area contributed by atoms with Crippen LogP contribution in [0.2, 0.25) is 5.02 Å². The van der Waals surface area contributed by atoms with Gasteiger partial charge in [-0.1, -0.05) is 11.6 Å². The topological polar surface area (TPSA) is 79.5 Å². The first-order valence-electron chi connectivity index (χ1n) is 5.33. The number of carbonyl (C=O) groups is 2. The van der Waals surface area contributed by atoms with Crippen LogP contribution in [0.3, 0.4) is 0 Å². The number of hydrogen-bond donors (Lipinski definition) is 2. The normalized spacial score (nSPS) is 10.4. The molecule has 0 aromatic carbocycles. The maximum atomic E-state index is 11.8. The molecule has 0 atom stereocenters. The first-order chi connectivity index (χ1) is 8.99. The van der Waals surface area contributed by atoms with E-state index in [1.54, 1.807) is 5.38 Å². The fraction of sp³-hybridized carbons (Fsp3) is 0.167. The standard InChI is InChI=1S/C12H10ClNO4S/c1-6-5-19-10(9(6)13)11(15)14-4-7-2-3-8(18-7)12(16)17/h2-3,5H,4H2,1H3,(H,14,15)(H,16,17). The monoisotopic (exact) mass is 299 g/mol. The lowest BCUT2D eigenvalue weighted by atomic mass is 10.3. The second kappa shape index (κ2) is 5.46. The van der Waals surface area contributed by atoms with Gasteiger partial charge in [-0.2, -0.15) is 0 Å². The van der Waals surface area contributed by atoms with E-state index in [4.69, 9.17) is 21.1 Å². The number of thiophene rings is 1. The van der Waals surface area contributed by atoms with Gasteiger partial charge in [-0.15, -0.1) is 11.3 Å². The number of nitrogens with one attached hydrogen (secondary N) is 1. The number of furan rings is 1. The van der Waals surface area contributed by atoms with Gasteiger partial charge < -0.3 is 14.8 Å². The first kappa shape index (κ1) is 13.6. The highest BCUT2D eigenvalue weighted by atomic mass is 35.5. The Hall–Kier alpha value is -1.79. The van der Waals surface area contributed by atoms with E-state index in [9.17, 15) is 9.59 Å². The molecule has 2 rings (SSSR count). The summed E-state index contributed by atoms with van der Waals surface area (Å²) in [5.74, 6) is -1.24. The molecule has 0 unspecified atom stereocenters. The predicted octanol–water partition coefficient (Wildman–Crippen LogP) is 2.93. The highest BCUT2D eigenvalue weighted by molar-refractivity contribution is 7.13. The lowest BCUT2D eigenvalue weighted by Crippen LogP contribution is -2.21. The summed E-state index contributed by atoms with van der Waals surface area (Å²) in [7, 11) is 0. The molecule has 2 heterocycles. The Labute approximate surface area is 117 Å². The Morgan fingerprint density at radius 2 is 2.21 bits per heavy atom. The number of halogens is 1. The van der Waals surface area contributed by atoms with Crippen LogP contribution in [0.15, 0.2) is 21.9 Å². The number of carboxylic acids is 1. The summed E-state index contributed by atoms with van der Waals surface area (Å²) in [4.78, 5) is 22.9. The van der Waals surface area contributed by atoms with E-state index in [2.05, 4.69) is 5.32 Å². The Morgan fingerprint density at radius 3 is 2.74 bits per heavy atom. The van der Waals surface area contributed by atoms with Crippen molar-refractivity contribution in [2.75, 3.05) is 0 Å². The Kier molecular flexibility index (Phi) is 3.92.